The van der Waals surface area contributed by atoms with Crippen molar-refractivity contribution in [1.82, 2.24) is 0 Å². The van der Waals surface area contributed by atoms with Gasteiger partial charge in [-0.15, -0.1) is 0 Å². The van der Waals surface area contributed by atoms with Gasteiger partial charge in [-0.3, -0.25) is 0 Å². The van der Waals surface area contributed by atoms with Gasteiger partial charge in [-0.2, -0.15) is 0 Å². The standard InChI is InChI=1S/C32H30O4/c1-19-7-9-21-15-29(33-3)25(13-23(21)11-19)27-17-32(36-6)28(18-31(27)35-5)26-14-24-12-20(2)8-10-22(24)16-30(26)34-4/h7-18H,1-6H3. The van der Waals surface area contributed by atoms with E-state index in [4.69, 9.17) is 18.9 Å². The van der Waals surface area contributed by atoms with Gasteiger partial charge in [-0.25, -0.2) is 0 Å². The Kier molecular flexibility index (Phi) is 6.19. The third-order valence-electron chi connectivity index (χ3n) is 6.73. The molecule has 0 atom stereocenters. The number of rotatable bonds is 6. The minimum atomic E-state index is 0.725. The highest BCUT2D eigenvalue weighted by Gasteiger charge is 2.20. The topological polar surface area (TPSA) is 36.9 Å². The normalized spacial score (nSPS) is 11.1. The fourth-order valence-electron chi connectivity index (χ4n) is 4.87. The van der Waals surface area contributed by atoms with Gasteiger partial charge in [0.25, 0.3) is 0 Å². The van der Waals surface area contributed by atoms with Crippen molar-refractivity contribution in [2.24, 2.45) is 0 Å². The molecule has 0 saturated heterocycles. The maximum absolute atomic E-state index is 5.92. The first-order chi connectivity index (χ1) is 17.4. The predicted molar refractivity (Wildman–Crippen MR) is 148 cm³/mol. The van der Waals surface area contributed by atoms with Crippen LogP contribution >= 0.6 is 0 Å². The molecule has 5 aromatic rings. The maximum Gasteiger partial charge on any atom is 0.127 e. The van der Waals surface area contributed by atoms with Crippen molar-refractivity contribution in [2.75, 3.05) is 28.4 Å². The zero-order chi connectivity index (χ0) is 25.4. The summed E-state index contributed by atoms with van der Waals surface area (Å²) in [6.45, 7) is 4.19. The van der Waals surface area contributed by atoms with Gasteiger partial charge >= 0.3 is 0 Å². The van der Waals surface area contributed by atoms with Crippen molar-refractivity contribution >= 4 is 21.5 Å². The summed E-state index contributed by atoms with van der Waals surface area (Å²) in [7, 11) is 6.76. The molecule has 4 heteroatoms. The maximum atomic E-state index is 5.92. The van der Waals surface area contributed by atoms with E-state index in [9.17, 15) is 0 Å². The smallest absolute Gasteiger partial charge is 0.127 e. The lowest BCUT2D eigenvalue weighted by Gasteiger charge is -2.19. The number of hydrogen-bond acceptors (Lipinski definition) is 4. The molecule has 0 spiro atoms. The summed E-state index contributed by atoms with van der Waals surface area (Å²) in [5.74, 6) is 3.00. The van der Waals surface area contributed by atoms with Gasteiger partial charge in [0.2, 0.25) is 0 Å². The van der Waals surface area contributed by atoms with Crippen LogP contribution in [0, 0.1) is 13.8 Å². The molecular weight excluding hydrogens is 448 g/mol. The van der Waals surface area contributed by atoms with Gasteiger partial charge < -0.3 is 18.9 Å². The molecule has 182 valence electrons. The third-order valence-corrected chi connectivity index (χ3v) is 6.73. The first-order valence-electron chi connectivity index (χ1n) is 11.9. The SMILES string of the molecule is COc1cc(-c2cc3cc(C)ccc3cc2OC)c(OC)cc1-c1cc2cc(C)ccc2cc1OC. The molecule has 0 amide bonds. The Morgan fingerprint density at radius 2 is 0.694 bits per heavy atom. The monoisotopic (exact) mass is 478 g/mol. The molecular formula is C32H30O4. The second-order valence-electron chi connectivity index (χ2n) is 9.06. The van der Waals surface area contributed by atoms with Crippen molar-refractivity contribution in [3.8, 4) is 45.3 Å². The molecule has 0 saturated carbocycles. The van der Waals surface area contributed by atoms with Crippen molar-refractivity contribution in [2.45, 2.75) is 13.8 Å². The number of benzene rings is 5. The van der Waals surface area contributed by atoms with E-state index in [0.717, 1.165) is 66.8 Å². The molecule has 0 N–H and O–H groups in total. The average molecular weight is 479 g/mol. The van der Waals surface area contributed by atoms with E-state index >= 15 is 0 Å². The molecule has 0 radical (unpaired) electrons. The number of hydrogen-bond donors (Lipinski definition) is 0. The molecule has 0 aliphatic carbocycles. The van der Waals surface area contributed by atoms with Gasteiger partial charge in [-0.1, -0.05) is 47.5 Å². The second kappa shape index (κ2) is 9.46. The van der Waals surface area contributed by atoms with Crippen LogP contribution in [0.1, 0.15) is 11.1 Å². The summed E-state index contributed by atoms with van der Waals surface area (Å²) in [5, 5.41) is 4.53. The van der Waals surface area contributed by atoms with Crippen LogP contribution in [-0.4, -0.2) is 28.4 Å². The average Bonchev–Trinajstić information content (AvgIpc) is 2.90. The van der Waals surface area contributed by atoms with Crippen molar-refractivity contribution in [3.05, 3.63) is 83.9 Å². The van der Waals surface area contributed by atoms with Crippen LogP contribution in [0.2, 0.25) is 0 Å². The largest absolute Gasteiger partial charge is 0.496 e. The first kappa shape index (κ1) is 23.6. The first-order valence-corrected chi connectivity index (χ1v) is 11.9. The molecule has 4 nitrogen and oxygen atoms in total. The van der Waals surface area contributed by atoms with Crippen molar-refractivity contribution in [3.63, 3.8) is 0 Å². The number of methoxy groups -OCH3 is 4. The van der Waals surface area contributed by atoms with E-state index in [-0.39, 0.29) is 0 Å². The lowest BCUT2D eigenvalue weighted by Crippen LogP contribution is -1.97. The van der Waals surface area contributed by atoms with E-state index in [1.165, 1.54) is 11.1 Å². The lowest BCUT2D eigenvalue weighted by atomic mass is 9.93. The number of ether oxygens (including phenoxy) is 4. The zero-order valence-corrected chi connectivity index (χ0v) is 21.6. The van der Waals surface area contributed by atoms with Crippen LogP contribution in [0.3, 0.4) is 0 Å². The molecule has 0 heterocycles. The van der Waals surface area contributed by atoms with Gasteiger partial charge in [0.05, 0.1) is 28.4 Å². The Hall–Kier alpha value is -4.18. The van der Waals surface area contributed by atoms with Gasteiger partial charge in [0.15, 0.2) is 0 Å². The fourth-order valence-corrected chi connectivity index (χ4v) is 4.87. The van der Waals surface area contributed by atoms with Crippen LogP contribution in [0.15, 0.2) is 72.8 Å². The zero-order valence-electron chi connectivity index (χ0n) is 21.6. The van der Waals surface area contributed by atoms with Crippen LogP contribution in [-0.2, 0) is 0 Å². The second-order valence-corrected chi connectivity index (χ2v) is 9.06. The Balaban J connectivity index is 1.76. The summed E-state index contributed by atoms with van der Waals surface area (Å²) >= 11 is 0. The molecule has 36 heavy (non-hydrogen) atoms. The molecule has 5 aromatic carbocycles. The van der Waals surface area contributed by atoms with E-state index in [2.05, 4.69) is 74.5 Å². The van der Waals surface area contributed by atoms with E-state index < -0.39 is 0 Å². The van der Waals surface area contributed by atoms with Crippen molar-refractivity contribution < 1.29 is 18.9 Å². The Bertz CT molecular complexity index is 1480. The number of aryl methyl sites for hydroxylation is 2. The van der Waals surface area contributed by atoms with Gasteiger partial charge in [0, 0.05) is 22.3 Å². The highest BCUT2D eigenvalue weighted by Crippen LogP contribution is 2.47. The summed E-state index contributed by atoms with van der Waals surface area (Å²) < 4.78 is 23.5. The molecule has 0 aliphatic rings. The highest BCUT2D eigenvalue weighted by atomic mass is 16.5. The Morgan fingerprint density at radius 1 is 0.361 bits per heavy atom. The van der Waals surface area contributed by atoms with E-state index in [1.54, 1.807) is 28.4 Å². The summed E-state index contributed by atoms with van der Waals surface area (Å²) in [4.78, 5) is 0. The van der Waals surface area contributed by atoms with E-state index in [1.807, 2.05) is 12.1 Å². The van der Waals surface area contributed by atoms with Gasteiger partial charge in [0.1, 0.15) is 23.0 Å². The molecule has 0 fully saturated rings. The molecule has 0 unspecified atom stereocenters. The minimum absolute atomic E-state index is 0.725. The summed E-state index contributed by atoms with van der Waals surface area (Å²) in [5.41, 5.74) is 6.09. The Morgan fingerprint density at radius 3 is 1.06 bits per heavy atom. The molecule has 5 rings (SSSR count). The minimum Gasteiger partial charge on any atom is -0.496 e. The lowest BCUT2D eigenvalue weighted by molar-refractivity contribution is 0.402. The fraction of sp³-hybridized carbons (Fsp3) is 0.188. The number of fused-ring (bicyclic) bond motifs is 2. The van der Waals surface area contributed by atoms with Crippen LogP contribution < -0.4 is 18.9 Å². The quantitative estimate of drug-likeness (QED) is 0.248. The molecule has 0 aliphatic heterocycles. The molecule has 0 aromatic heterocycles. The van der Waals surface area contributed by atoms with Gasteiger partial charge in [-0.05, 0) is 71.8 Å². The molecule has 0 bridgehead atoms. The predicted octanol–water partition coefficient (Wildman–Crippen LogP) is 7.98. The van der Waals surface area contributed by atoms with E-state index in [0.29, 0.717) is 0 Å². The van der Waals surface area contributed by atoms with Crippen LogP contribution in [0.4, 0.5) is 0 Å². The van der Waals surface area contributed by atoms with Crippen molar-refractivity contribution in [1.29, 1.82) is 0 Å². The summed E-state index contributed by atoms with van der Waals surface area (Å²) in [6.07, 6.45) is 0. The van der Waals surface area contributed by atoms with Crippen LogP contribution in [0.5, 0.6) is 23.0 Å². The van der Waals surface area contributed by atoms with Crippen LogP contribution in [0.25, 0.3) is 43.8 Å². The summed E-state index contributed by atoms with van der Waals surface area (Å²) in [6, 6.07) is 25.3. The Labute approximate surface area is 212 Å². The highest BCUT2D eigenvalue weighted by molar-refractivity contribution is 5.96. The third kappa shape index (κ3) is 4.09.